The number of anilines is 2. The number of pyridine rings is 2. The molecule has 1 amide bonds. The van der Waals surface area contributed by atoms with Crippen molar-refractivity contribution in [3.8, 4) is 0 Å². The van der Waals surface area contributed by atoms with Crippen molar-refractivity contribution < 1.29 is 9.53 Å². The maximum atomic E-state index is 11.6. The molecular weight excluding hydrogens is 306 g/mol. The van der Waals surface area contributed by atoms with Crippen LogP contribution in [0.15, 0.2) is 24.5 Å². The Balaban J connectivity index is 0.00000123. The highest BCUT2D eigenvalue weighted by Gasteiger charge is 2.16. The lowest BCUT2D eigenvalue weighted by atomic mass is 10.2. The number of hydrogen-bond donors (Lipinski definition) is 3. The molecule has 7 nitrogen and oxygen atoms in total. The van der Waals surface area contributed by atoms with Gasteiger partial charge in [0.25, 0.3) is 0 Å². The molecule has 0 saturated heterocycles. The van der Waals surface area contributed by atoms with Gasteiger partial charge in [0.05, 0.1) is 17.4 Å². The normalized spacial score (nSPS) is 9.79. The van der Waals surface area contributed by atoms with E-state index in [2.05, 4.69) is 20.8 Å². The molecule has 134 valence electrons. The highest BCUT2D eigenvalue weighted by Crippen LogP contribution is 2.24. The van der Waals surface area contributed by atoms with Crippen LogP contribution in [0, 0.1) is 0 Å². The largest absolute Gasteiger partial charge is 0.443 e. The average molecular weight is 335 g/mol. The summed E-state index contributed by atoms with van der Waals surface area (Å²) in [7, 11) is 0. The fraction of sp³-hybridized carbons (Fsp3) is 0.471. The summed E-state index contributed by atoms with van der Waals surface area (Å²) in [6.45, 7) is 13.3. The third kappa shape index (κ3) is 6.68. The Bertz CT molecular complexity index is 638. The molecule has 2 aromatic rings. The number of amides is 1. The molecule has 0 aliphatic rings. The number of ether oxygens (including phenoxy) is 1. The van der Waals surface area contributed by atoms with Crippen LogP contribution >= 0.6 is 0 Å². The van der Waals surface area contributed by atoms with Gasteiger partial charge in [-0.1, -0.05) is 27.7 Å². The van der Waals surface area contributed by atoms with E-state index in [1.54, 1.807) is 39.1 Å². The second-order valence-corrected chi connectivity index (χ2v) is 5.21. The number of hydrazine groups is 1. The minimum atomic E-state index is -0.599. The Morgan fingerprint density at radius 1 is 1.17 bits per heavy atom. The van der Waals surface area contributed by atoms with Gasteiger partial charge in [0.2, 0.25) is 0 Å². The van der Waals surface area contributed by atoms with Gasteiger partial charge in [0, 0.05) is 6.20 Å². The van der Waals surface area contributed by atoms with Crippen molar-refractivity contribution in [1.82, 2.24) is 15.4 Å². The molecule has 2 heterocycles. The fourth-order valence-electron chi connectivity index (χ4n) is 1.58. The van der Waals surface area contributed by atoms with Crippen LogP contribution in [0.25, 0.3) is 11.0 Å². The van der Waals surface area contributed by atoms with Gasteiger partial charge in [-0.15, -0.1) is 0 Å². The molecule has 2 aromatic heterocycles. The van der Waals surface area contributed by atoms with Crippen LogP contribution in [0.2, 0.25) is 0 Å². The van der Waals surface area contributed by atoms with Gasteiger partial charge in [-0.05, 0) is 32.9 Å². The number of aromatic nitrogens is 2. The molecule has 0 saturated carbocycles. The molecule has 24 heavy (non-hydrogen) atoms. The molecule has 0 spiro atoms. The number of fused-ring (bicyclic) bond motifs is 1. The first-order valence-corrected chi connectivity index (χ1v) is 8.11. The van der Waals surface area contributed by atoms with Crippen LogP contribution in [-0.4, -0.2) is 21.7 Å². The molecule has 2 rings (SSSR count). The number of nitrogens with zero attached hydrogens (tertiary/aromatic N) is 2. The summed E-state index contributed by atoms with van der Waals surface area (Å²) in [4.78, 5) is 20.0. The smallest absolute Gasteiger partial charge is 0.426 e. The van der Waals surface area contributed by atoms with E-state index in [0.29, 0.717) is 22.4 Å². The van der Waals surface area contributed by atoms with Crippen LogP contribution < -0.4 is 16.6 Å². The predicted octanol–water partition coefficient (Wildman–Crippen LogP) is 4.12. The number of rotatable bonds is 2. The van der Waals surface area contributed by atoms with Crippen LogP contribution in [0.3, 0.4) is 0 Å². The van der Waals surface area contributed by atoms with Crippen LogP contribution in [0.1, 0.15) is 48.5 Å². The van der Waals surface area contributed by atoms with Gasteiger partial charge in [0.1, 0.15) is 16.8 Å². The third-order valence-corrected chi connectivity index (χ3v) is 2.34. The Morgan fingerprint density at radius 2 is 1.79 bits per heavy atom. The van der Waals surface area contributed by atoms with Gasteiger partial charge < -0.3 is 10.5 Å². The Labute approximate surface area is 144 Å². The van der Waals surface area contributed by atoms with Crippen molar-refractivity contribution in [3.05, 3.63) is 24.5 Å². The minimum Gasteiger partial charge on any atom is -0.443 e. The zero-order chi connectivity index (χ0) is 18.8. The summed E-state index contributed by atoms with van der Waals surface area (Å²) in [6.07, 6.45) is 2.53. The van der Waals surface area contributed by atoms with Gasteiger partial charge in [-0.2, -0.15) is 0 Å². The van der Waals surface area contributed by atoms with E-state index in [9.17, 15) is 4.79 Å². The lowest BCUT2D eigenvalue weighted by Crippen LogP contribution is -2.36. The summed E-state index contributed by atoms with van der Waals surface area (Å²) in [5, 5.41) is 0. The molecule has 0 radical (unpaired) electrons. The molecule has 4 N–H and O–H groups in total. The first-order valence-electron chi connectivity index (χ1n) is 8.11. The lowest BCUT2D eigenvalue weighted by Gasteiger charge is -2.20. The Kier molecular flexibility index (Phi) is 9.15. The van der Waals surface area contributed by atoms with E-state index in [-0.39, 0.29) is 0 Å². The van der Waals surface area contributed by atoms with Crippen molar-refractivity contribution in [1.29, 1.82) is 0 Å². The first-order chi connectivity index (χ1) is 11.4. The summed E-state index contributed by atoms with van der Waals surface area (Å²) in [5.74, 6) is 0. The SMILES string of the molecule is CC.CC.CC(C)(C)OC(=O)NNc1c(N)cnc2cccnc12. The van der Waals surface area contributed by atoms with Crippen LogP contribution in [0.5, 0.6) is 0 Å². The van der Waals surface area contributed by atoms with Crippen molar-refractivity contribution in [2.24, 2.45) is 0 Å². The van der Waals surface area contributed by atoms with Crippen molar-refractivity contribution in [2.45, 2.75) is 54.1 Å². The van der Waals surface area contributed by atoms with Crippen molar-refractivity contribution in [3.63, 3.8) is 0 Å². The molecule has 0 fully saturated rings. The van der Waals surface area contributed by atoms with Crippen molar-refractivity contribution >= 4 is 28.5 Å². The van der Waals surface area contributed by atoms with Crippen LogP contribution in [-0.2, 0) is 4.74 Å². The topological polar surface area (TPSA) is 102 Å². The standard InChI is InChI=1S/C13H17N5O2.2C2H6/c1-13(2,3)20-12(19)18-17-10-8(14)7-16-9-5-4-6-15-11(9)10;2*1-2/h4-7H,14H2,1-3H3,(H,16,17)(H,18,19);2*1-2H3. The molecule has 0 bridgehead atoms. The number of carbonyl (C=O) groups excluding carboxylic acids is 1. The summed E-state index contributed by atoms with van der Waals surface area (Å²) < 4.78 is 5.12. The average Bonchev–Trinajstić information content (AvgIpc) is 2.56. The van der Waals surface area contributed by atoms with E-state index in [0.717, 1.165) is 0 Å². The maximum absolute atomic E-state index is 11.6. The van der Waals surface area contributed by atoms with E-state index < -0.39 is 11.7 Å². The third-order valence-electron chi connectivity index (χ3n) is 2.34. The number of nitrogen functional groups attached to an aromatic ring is 1. The predicted molar refractivity (Wildman–Crippen MR) is 99.6 cm³/mol. The zero-order valence-electron chi connectivity index (χ0n) is 15.6. The molecule has 0 unspecified atom stereocenters. The number of nitrogens with one attached hydrogen (secondary N) is 2. The van der Waals surface area contributed by atoms with Gasteiger partial charge in [-0.25, -0.2) is 10.2 Å². The Hall–Kier alpha value is -2.57. The number of nitrogens with two attached hydrogens (primary N) is 1. The minimum absolute atomic E-state index is 0.382. The van der Waals surface area contributed by atoms with E-state index in [4.69, 9.17) is 10.5 Å². The zero-order valence-corrected chi connectivity index (χ0v) is 15.6. The molecule has 0 atom stereocenters. The van der Waals surface area contributed by atoms with Crippen molar-refractivity contribution in [2.75, 3.05) is 11.2 Å². The van der Waals surface area contributed by atoms with Gasteiger partial charge >= 0.3 is 6.09 Å². The summed E-state index contributed by atoms with van der Waals surface area (Å²) in [5.41, 5.74) is 12.5. The lowest BCUT2D eigenvalue weighted by molar-refractivity contribution is 0.0541. The number of hydrogen-bond acceptors (Lipinski definition) is 6. The molecular formula is C17H29N5O2. The first kappa shape index (κ1) is 21.4. The summed E-state index contributed by atoms with van der Waals surface area (Å²) >= 11 is 0. The molecule has 0 aliphatic heterocycles. The Morgan fingerprint density at radius 3 is 2.38 bits per heavy atom. The second kappa shape index (κ2) is 10.3. The molecule has 0 aromatic carbocycles. The van der Waals surface area contributed by atoms with E-state index in [1.807, 2.05) is 27.7 Å². The second-order valence-electron chi connectivity index (χ2n) is 5.21. The number of carbonyl (C=O) groups is 1. The van der Waals surface area contributed by atoms with Gasteiger partial charge in [0.15, 0.2) is 0 Å². The summed E-state index contributed by atoms with van der Waals surface area (Å²) in [6, 6.07) is 3.58. The molecule has 0 aliphatic carbocycles. The van der Waals surface area contributed by atoms with E-state index >= 15 is 0 Å². The maximum Gasteiger partial charge on any atom is 0.426 e. The monoisotopic (exact) mass is 335 g/mol. The highest BCUT2D eigenvalue weighted by molar-refractivity contribution is 5.94. The quantitative estimate of drug-likeness (QED) is 0.714. The highest BCUT2D eigenvalue weighted by atomic mass is 16.6. The molecule has 7 heteroatoms. The van der Waals surface area contributed by atoms with E-state index in [1.165, 1.54) is 6.20 Å². The fourth-order valence-corrected chi connectivity index (χ4v) is 1.58. The van der Waals surface area contributed by atoms with Gasteiger partial charge in [-0.3, -0.25) is 15.4 Å². The van der Waals surface area contributed by atoms with Crippen LogP contribution in [0.4, 0.5) is 16.2 Å².